The van der Waals surface area contributed by atoms with Crippen LogP contribution in [0.15, 0.2) is 24.5 Å². The van der Waals surface area contributed by atoms with Gasteiger partial charge in [0.05, 0.1) is 17.5 Å². The standard InChI is InChI=1S/C14H19N3O/c1-14(2,3)6-7-18-13-11-5-4-10(15)8-12(11)16-9-17-13/h4-5,8-9H,6-7,15H2,1-3H3. The number of hydrogen-bond donors (Lipinski definition) is 1. The fourth-order valence-electron chi connectivity index (χ4n) is 1.62. The molecule has 0 aliphatic rings. The molecule has 18 heavy (non-hydrogen) atoms. The van der Waals surface area contributed by atoms with Crippen LogP contribution >= 0.6 is 0 Å². The Kier molecular flexibility index (Phi) is 3.36. The van der Waals surface area contributed by atoms with E-state index in [2.05, 4.69) is 30.7 Å². The zero-order valence-electron chi connectivity index (χ0n) is 11.1. The molecule has 2 N–H and O–H groups in total. The summed E-state index contributed by atoms with van der Waals surface area (Å²) in [5.74, 6) is 0.629. The molecule has 0 aliphatic carbocycles. The van der Waals surface area contributed by atoms with Gasteiger partial charge >= 0.3 is 0 Å². The second kappa shape index (κ2) is 4.80. The number of anilines is 1. The number of aromatic nitrogens is 2. The largest absolute Gasteiger partial charge is 0.477 e. The number of hydrogen-bond acceptors (Lipinski definition) is 4. The van der Waals surface area contributed by atoms with Crippen LogP contribution in [-0.4, -0.2) is 16.6 Å². The summed E-state index contributed by atoms with van der Waals surface area (Å²) in [4.78, 5) is 8.37. The summed E-state index contributed by atoms with van der Waals surface area (Å²) in [6, 6.07) is 5.56. The van der Waals surface area contributed by atoms with Crippen molar-refractivity contribution in [3.63, 3.8) is 0 Å². The van der Waals surface area contributed by atoms with Crippen molar-refractivity contribution in [3.05, 3.63) is 24.5 Å². The van der Waals surface area contributed by atoms with E-state index in [1.165, 1.54) is 6.33 Å². The van der Waals surface area contributed by atoms with Gasteiger partial charge in [-0.1, -0.05) is 20.8 Å². The summed E-state index contributed by atoms with van der Waals surface area (Å²) in [6.07, 6.45) is 2.49. The van der Waals surface area contributed by atoms with Gasteiger partial charge in [-0.25, -0.2) is 9.97 Å². The van der Waals surface area contributed by atoms with Gasteiger partial charge in [-0.15, -0.1) is 0 Å². The van der Waals surface area contributed by atoms with Crippen LogP contribution in [0.5, 0.6) is 5.88 Å². The first-order valence-corrected chi connectivity index (χ1v) is 6.09. The molecule has 0 aliphatic heterocycles. The van der Waals surface area contributed by atoms with E-state index in [9.17, 15) is 0 Å². The van der Waals surface area contributed by atoms with Gasteiger partial charge in [0, 0.05) is 5.69 Å². The molecule has 2 aromatic rings. The summed E-state index contributed by atoms with van der Waals surface area (Å²) in [7, 11) is 0. The van der Waals surface area contributed by atoms with Crippen LogP contribution in [0.3, 0.4) is 0 Å². The predicted molar refractivity (Wildman–Crippen MR) is 73.5 cm³/mol. The number of ether oxygens (including phenoxy) is 1. The zero-order chi connectivity index (χ0) is 13.2. The third kappa shape index (κ3) is 3.09. The van der Waals surface area contributed by atoms with Crippen molar-refractivity contribution < 1.29 is 4.74 Å². The van der Waals surface area contributed by atoms with E-state index in [0.717, 1.165) is 17.3 Å². The lowest BCUT2D eigenvalue weighted by Gasteiger charge is -2.18. The second-order valence-electron chi connectivity index (χ2n) is 5.61. The normalized spacial score (nSPS) is 11.7. The van der Waals surface area contributed by atoms with Gasteiger partial charge in [-0.3, -0.25) is 0 Å². The van der Waals surface area contributed by atoms with Crippen LogP contribution in [-0.2, 0) is 0 Å². The van der Waals surface area contributed by atoms with Crippen molar-refractivity contribution in [2.75, 3.05) is 12.3 Å². The lowest BCUT2D eigenvalue weighted by Crippen LogP contribution is -2.11. The zero-order valence-corrected chi connectivity index (χ0v) is 11.1. The molecule has 1 aromatic heterocycles. The molecule has 4 heteroatoms. The number of nitrogens with zero attached hydrogens (tertiary/aromatic N) is 2. The Morgan fingerprint density at radius 3 is 2.72 bits per heavy atom. The molecule has 0 atom stereocenters. The molecule has 2 rings (SSSR count). The van der Waals surface area contributed by atoms with Crippen LogP contribution < -0.4 is 10.5 Å². The Balaban J connectivity index is 2.18. The Morgan fingerprint density at radius 2 is 2.00 bits per heavy atom. The van der Waals surface area contributed by atoms with E-state index in [0.29, 0.717) is 18.2 Å². The minimum absolute atomic E-state index is 0.257. The van der Waals surface area contributed by atoms with Gasteiger partial charge in [-0.2, -0.15) is 0 Å². The van der Waals surface area contributed by atoms with Crippen molar-refractivity contribution in [2.45, 2.75) is 27.2 Å². The average molecular weight is 245 g/mol. The van der Waals surface area contributed by atoms with Crippen LogP contribution in [0.2, 0.25) is 0 Å². The fraction of sp³-hybridized carbons (Fsp3) is 0.429. The summed E-state index contributed by atoms with van der Waals surface area (Å²) < 4.78 is 5.74. The number of nitrogens with two attached hydrogens (primary N) is 1. The first-order chi connectivity index (χ1) is 8.46. The van der Waals surface area contributed by atoms with Gasteiger partial charge in [0.2, 0.25) is 5.88 Å². The van der Waals surface area contributed by atoms with Crippen LogP contribution in [0.1, 0.15) is 27.2 Å². The highest BCUT2D eigenvalue weighted by molar-refractivity contribution is 5.85. The van der Waals surface area contributed by atoms with Gasteiger partial charge in [-0.05, 0) is 30.0 Å². The maximum Gasteiger partial charge on any atom is 0.224 e. The summed E-state index contributed by atoms with van der Waals surface area (Å²) in [5.41, 5.74) is 7.50. The highest BCUT2D eigenvalue weighted by atomic mass is 16.5. The molecule has 0 amide bonds. The number of benzene rings is 1. The Bertz CT molecular complexity index is 546. The molecule has 0 saturated heterocycles. The van der Waals surface area contributed by atoms with E-state index < -0.39 is 0 Å². The van der Waals surface area contributed by atoms with Crippen molar-refractivity contribution in [1.82, 2.24) is 9.97 Å². The highest BCUT2D eigenvalue weighted by Crippen LogP contribution is 2.24. The molecule has 0 bridgehead atoms. The maximum absolute atomic E-state index is 5.74. The number of nitrogen functional groups attached to an aromatic ring is 1. The molecule has 4 nitrogen and oxygen atoms in total. The smallest absolute Gasteiger partial charge is 0.224 e. The topological polar surface area (TPSA) is 61.0 Å². The summed E-state index contributed by atoms with van der Waals surface area (Å²) >= 11 is 0. The molecule has 1 heterocycles. The average Bonchev–Trinajstić information content (AvgIpc) is 2.27. The fourth-order valence-corrected chi connectivity index (χ4v) is 1.62. The minimum Gasteiger partial charge on any atom is -0.477 e. The predicted octanol–water partition coefficient (Wildman–Crippen LogP) is 3.03. The van der Waals surface area contributed by atoms with E-state index >= 15 is 0 Å². The van der Waals surface area contributed by atoms with E-state index in [-0.39, 0.29) is 5.41 Å². The van der Waals surface area contributed by atoms with E-state index in [1.54, 1.807) is 0 Å². The van der Waals surface area contributed by atoms with Gasteiger partial charge in [0.1, 0.15) is 6.33 Å². The van der Waals surface area contributed by atoms with E-state index in [1.807, 2.05) is 18.2 Å². The molecule has 0 radical (unpaired) electrons. The lowest BCUT2D eigenvalue weighted by atomic mass is 9.93. The van der Waals surface area contributed by atoms with Crippen LogP contribution in [0.4, 0.5) is 5.69 Å². The maximum atomic E-state index is 5.74. The monoisotopic (exact) mass is 245 g/mol. The third-order valence-electron chi connectivity index (χ3n) is 2.71. The molecular weight excluding hydrogens is 226 g/mol. The van der Waals surface area contributed by atoms with Crippen LogP contribution in [0, 0.1) is 5.41 Å². The first kappa shape index (κ1) is 12.6. The van der Waals surface area contributed by atoms with Crippen molar-refractivity contribution in [2.24, 2.45) is 5.41 Å². The molecule has 96 valence electrons. The number of rotatable bonds is 3. The molecule has 0 saturated carbocycles. The molecule has 0 unspecified atom stereocenters. The molecular formula is C14H19N3O. The second-order valence-corrected chi connectivity index (χ2v) is 5.61. The Hall–Kier alpha value is -1.84. The van der Waals surface area contributed by atoms with Gasteiger partial charge in [0.15, 0.2) is 0 Å². The van der Waals surface area contributed by atoms with Crippen molar-refractivity contribution in [1.29, 1.82) is 0 Å². The Labute approximate surface area is 107 Å². The molecule has 1 aromatic carbocycles. The van der Waals surface area contributed by atoms with Gasteiger partial charge in [0.25, 0.3) is 0 Å². The Morgan fingerprint density at radius 1 is 1.22 bits per heavy atom. The van der Waals surface area contributed by atoms with Gasteiger partial charge < -0.3 is 10.5 Å². The molecule has 0 fully saturated rings. The minimum atomic E-state index is 0.257. The summed E-state index contributed by atoms with van der Waals surface area (Å²) in [6.45, 7) is 7.22. The van der Waals surface area contributed by atoms with Crippen molar-refractivity contribution >= 4 is 16.6 Å². The summed E-state index contributed by atoms with van der Waals surface area (Å²) in [5, 5.41) is 0.903. The van der Waals surface area contributed by atoms with E-state index in [4.69, 9.17) is 10.5 Å². The SMILES string of the molecule is CC(C)(C)CCOc1ncnc2cc(N)ccc12. The van der Waals surface area contributed by atoms with Crippen LogP contribution in [0.25, 0.3) is 10.9 Å². The van der Waals surface area contributed by atoms with Crippen molar-refractivity contribution in [3.8, 4) is 5.88 Å². The third-order valence-corrected chi connectivity index (χ3v) is 2.71. The number of fused-ring (bicyclic) bond motifs is 1. The highest BCUT2D eigenvalue weighted by Gasteiger charge is 2.11. The molecule has 0 spiro atoms. The lowest BCUT2D eigenvalue weighted by molar-refractivity contribution is 0.238. The quantitative estimate of drug-likeness (QED) is 0.844. The first-order valence-electron chi connectivity index (χ1n) is 6.09.